The van der Waals surface area contributed by atoms with Crippen molar-refractivity contribution in [2.45, 2.75) is 13.5 Å². The minimum Gasteiger partial charge on any atom is -0.473 e. The molecule has 7 heteroatoms. The van der Waals surface area contributed by atoms with Gasteiger partial charge in [-0.15, -0.1) is 0 Å². The lowest BCUT2D eigenvalue weighted by molar-refractivity contribution is 0.102. The first-order chi connectivity index (χ1) is 12.5. The second-order valence-electron chi connectivity index (χ2n) is 5.57. The van der Waals surface area contributed by atoms with E-state index in [0.29, 0.717) is 24.1 Å². The Hall–Kier alpha value is -3.35. The Labute approximate surface area is 148 Å². The summed E-state index contributed by atoms with van der Waals surface area (Å²) in [6.07, 6.45) is 4.67. The highest BCUT2D eigenvalue weighted by molar-refractivity contribution is 6.04. The van der Waals surface area contributed by atoms with Crippen molar-refractivity contribution < 1.29 is 18.3 Å². The molecule has 0 atom stereocenters. The molecule has 1 N–H and O–H groups in total. The normalized spacial score (nSPS) is 10.4. The Bertz CT molecular complexity index is 933. The second kappa shape index (κ2) is 7.69. The van der Waals surface area contributed by atoms with Gasteiger partial charge in [-0.05, 0) is 42.8 Å². The van der Waals surface area contributed by atoms with Crippen LogP contribution in [0.15, 0.2) is 55.0 Å². The number of halogens is 2. The van der Waals surface area contributed by atoms with Gasteiger partial charge < -0.3 is 10.1 Å². The van der Waals surface area contributed by atoms with E-state index in [0.717, 1.165) is 17.7 Å². The number of benzene rings is 1. The highest BCUT2D eigenvalue weighted by Gasteiger charge is 2.13. The van der Waals surface area contributed by atoms with E-state index < -0.39 is 17.5 Å². The Morgan fingerprint density at radius 3 is 2.62 bits per heavy atom. The minimum atomic E-state index is -0.847. The minimum absolute atomic E-state index is 0.105. The Balaban J connectivity index is 1.69. The fraction of sp³-hybridized carbons (Fsp3) is 0.105. The molecule has 0 saturated carbocycles. The number of rotatable bonds is 5. The highest BCUT2D eigenvalue weighted by atomic mass is 19.1. The van der Waals surface area contributed by atoms with Crippen LogP contribution < -0.4 is 10.1 Å². The van der Waals surface area contributed by atoms with Crippen molar-refractivity contribution >= 4 is 11.6 Å². The van der Waals surface area contributed by atoms with Gasteiger partial charge in [0.2, 0.25) is 5.88 Å². The van der Waals surface area contributed by atoms with Gasteiger partial charge in [-0.1, -0.05) is 0 Å². The third-order valence-corrected chi connectivity index (χ3v) is 3.60. The van der Waals surface area contributed by atoms with E-state index in [4.69, 9.17) is 4.74 Å². The third-order valence-electron chi connectivity index (χ3n) is 3.60. The fourth-order valence-corrected chi connectivity index (χ4v) is 2.25. The SMILES string of the molecule is Cc1cc(C(=O)Nc2ccc(F)cc2F)cnc1OCc1ccncc1. The largest absolute Gasteiger partial charge is 0.473 e. The zero-order chi connectivity index (χ0) is 18.5. The van der Waals surface area contributed by atoms with Crippen molar-refractivity contribution in [2.24, 2.45) is 0 Å². The van der Waals surface area contributed by atoms with Crippen LogP contribution in [0.3, 0.4) is 0 Å². The number of hydrogen-bond acceptors (Lipinski definition) is 4. The average Bonchev–Trinajstić information content (AvgIpc) is 2.63. The zero-order valence-corrected chi connectivity index (χ0v) is 13.9. The number of hydrogen-bond donors (Lipinski definition) is 1. The number of aromatic nitrogens is 2. The van der Waals surface area contributed by atoms with Crippen LogP contribution >= 0.6 is 0 Å². The van der Waals surface area contributed by atoms with Crippen LogP contribution in [-0.2, 0) is 6.61 Å². The van der Waals surface area contributed by atoms with Gasteiger partial charge in [-0.3, -0.25) is 9.78 Å². The number of anilines is 1. The molecule has 2 heterocycles. The molecule has 3 rings (SSSR count). The molecule has 0 radical (unpaired) electrons. The molecule has 0 unspecified atom stereocenters. The predicted molar refractivity (Wildman–Crippen MR) is 91.9 cm³/mol. The molecule has 0 aliphatic heterocycles. The molecular weight excluding hydrogens is 340 g/mol. The van der Waals surface area contributed by atoms with E-state index in [1.54, 1.807) is 25.4 Å². The summed E-state index contributed by atoms with van der Waals surface area (Å²) < 4.78 is 32.2. The number of ether oxygens (including phenoxy) is 1. The Morgan fingerprint density at radius 2 is 1.92 bits per heavy atom. The maximum atomic E-state index is 13.6. The summed E-state index contributed by atoms with van der Waals surface area (Å²) in [5.41, 5.74) is 1.73. The van der Waals surface area contributed by atoms with Crippen LogP contribution in [-0.4, -0.2) is 15.9 Å². The lowest BCUT2D eigenvalue weighted by Gasteiger charge is -2.10. The van der Waals surface area contributed by atoms with Crippen molar-refractivity contribution in [3.05, 3.63) is 83.3 Å². The lowest BCUT2D eigenvalue weighted by atomic mass is 10.2. The molecule has 2 aromatic heterocycles. The van der Waals surface area contributed by atoms with E-state index in [9.17, 15) is 13.6 Å². The number of aryl methyl sites for hydroxylation is 1. The standard InChI is InChI=1S/C19H15F2N3O2/c1-12-8-14(18(25)24-17-3-2-15(20)9-16(17)21)10-23-19(12)26-11-13-4-6-22-7-5-13/h2-10H,11H2,1H3,(H,24,25). The second-order valence-corrected chi connectivity index (χ2v) is 5.57. The molecule has 0 aliphatic rings. The van der Waals surface area contributed by atoms with Gasteiger partial charge in [0, 0.05) is 30.2 Å². The number of carbonyl (C=O) groups is 1. The van der Waals surface area contributed by atoms with Gasteiger partial charge in [0.05, 0.1) is 11.3 Å². The number of nitrogens with zero attached hydrogens (tertiary/aromatic N) is 2. The molecule has 1 aromatic carbocycles. The molecular formula is C19H15F2N3O2. The summed E-state index contributed by atoms with van der Waals surface area (Å²) >= 11 is 0. The smallest absolute Gasteiger partial charge is 0.257 e. The summed E-state index contributed by atoms with van der Waals surface area (Å²) in [5, 5.41) is 2.39. The van der Waals surface area contributed by atoms with Gasteiger partial charge in [-0.2, -0.15) is 0 Å². The van der Waals surface area contributed by atoms with Crippen molar-refractivity contribution in [2.75, 3.05) is 5.32 Å². The molecule has 3 aromatic rings. The molecule has 132 valence electrons. The summed E-state index contributed by atoms with van der Waals surface area (Å²) in [7, 11) is 0. The number of nitrogens with one attached hydrogen (secondary N) is 1. The van der Waals surface area contributed by atoms with Crippen LogP contribution in [0.2, 0.25) is 0 Å². The fourth-order valence-electron chi connectivity index (χ4n) is 2.25. The topological polar surface area (TPSA) is 64.1 Å². The van der Waals surface area contributed by atoms with Crippen LogP contribution in [0.1, 0.15) is 21.5 Å². The predicted octanol–water partition coefficient (Wildman–Crippen LogP) is 3.89. The summed E-state index contributed by atoms with van der Waals surface area (Å²) in [4.78, 5) is 20.3. The first kappa shape index (κ1) is 17.5. The zero-order valence-electron chi connectivity index (χ0n) is 13.9. The van der Waals surface area contributed by atoms with Crippen LogP contribution in [0, 0.1) is 18.6 Å². The first-order valence-corrected chi connectivity index (χ1v) is 7.77. The van der Waals surface area contributed by atoms with Gasteiger partial charge in [-0.25, -0.2) is 13.8 Å². The van der Waals surface area contributed by atoms with Crippen molar-refractivity contribution in [1.82, 2.24) is 9.97 Å². The van der Waals surface area contributed by atoms with Gasteiger partial charge in [0.1, 0.15) is 18.2 Å². The molecule has 5 nitrogen and oxygen atoms in total. The molecule has 0 bridgehead atoms. The van der Waals surface area contributed by atoms with Crippen molar-refractivity contribution in [1.29, 1.82) is 0 Å². The molecule has 0 aliphatic carbocycles. The third kappa shape index (κ3) is 4.18. The Kier molecular flexibility index (Phi) is 5.17. The van der Waals surface area contributed by atoms with Crippen LogP contribution in [0.5, 0.6) is 5.88 Å². The summed E-state index contributed by atoms with van der Waals surface area (Å²) in [6.45, 7) is 2.08. The molecule has 0 spiro atoms. The quantitative estimate of drug-likeness (QED) is 0.754. The van der Waals surface area contributed by atoms with Crippen molar-refractivity contribution in [3.63, 3.8) is 0 Å². The van der Waals surface area contributed by atoms with E-state index in [1.807, 2.05) is 12.1 Å². The van der Waals surface area contributed by atoms with Crippen molar-refractivity contribution in [3.8, 4) is 5.88 Å². The lowest BCUT2D eigenvalue weighted by Crippen LogP contribution is -2.14. The van der Waals surface area contributed by atoms with E-state index in [1.165, 1.54) is 6.20 Å². The van der Waals surface area contributed by atoms with Crippen LogP contribution in [0.25, 0.3) is 0 Å². The monoisotopic (exact) mass is 355 g/mol. The number of pyridine rings is 2. The first-order valence-electron chi connectivity index (χ1n) is 7.77. The number of amides is 1. The van der Waals surface area contributed by atoms with Crippen LogP contribution in [0.4, 0.5) is 14.5 Å². The van der Waals surface area contributed by atoms with E-state index >= 15 is 0 Å². The van der Waals surface area contributed by atoms with Gasteiger partial charge >= 0.3 is 0 Å². The van der Waals surface area contributed by atoms with Gasteiger partial charge in [0.25, 0.3) is 5.91 Å². The molecule has 26 heavy (non-hydrogen) atoms. The highest BCUT2D eigenvalue weighted by Crippen LogP contribution is 2.19. The van der Waals surface area contributed by atoms with E-state index in [2.05, 4.69) is 15.3 Å². The maximum absolute atomic E-state index is 13.6. The summed E-state index contributed by atoms with van der Waals surface area (Å²) in [5.74, 6) is -1.72. The molecule has 0 fully saturated rings. The summed E-state index contributed by atoms with van der Waals surface area (Å²) in [6, 6.07) is 8.18. The van der Waals surface area contributed by atoms with Gasteiger partial charge in [0.15, 0.2) is 0 Å². The maximum Gasteiger partial charge on any atom is 0.257 e. The average molecular weight is 355 g/mol. The Morgan fingerprint density at radius 1 is 1.15 bits per heavy atom. The number of carbonyl (C=O) groups excluding carboxylic acids is 1. The molecule has 1 amide bonds. The van der Waals surface area contributed by atoms with E-state index in [-0.39, 0.29) is 11.3 Å². The molecule has 0 saturated heterocycles.